The van der Waals surface area contributed by atoms with Gasteiger partial charge in [0.05, 0.1) is 23.4 Å². The second-order valence-corrected chi connectivity index (χ2v) is 8.58. The van der Waals surface area contributed by atoms with E-state index in [1.54, 1.807) is 30.6 Å². The number of aromatic nitrogens is 2. The molecule has 166 valence electrons. The Morgan fingerprint density at radius 2 is 2.03 bits per heavy atom. The van der Waals surface area contributed by atoms with Gasteiger partial charge in [-0.05, 0) is 40.5 Å². The number of ether oxygens (including phenoxy) is 2. The zero-order valence-corrected chi connectivity index (χ0v) is 18.9. The summed E-state index contributed by atoms with van der Waals surface area (Å²) >= 11 is 3.33. The molecule has 1 aromatic heterocycles. The van der Waals surface area contributed by atoms with Crippen LogP contribution in [-0.4, -0.2) is 84.3 Å². The van der Waals surface area contributed by atoms with Gasteiger partial charge in [-0.2, -0.15) is 0 Å². The fraction of sp³-hybridized carbons (Fsp3) is 0.476. The van der Waals surface area contributed by atoms with Gasteiger partial charge in [0.25, 0.3) is 5.91 Å². The molecule has 1 aromatic carbocycles. The molecule has 2 aromatic rings. The summed E-state index contributed by atoms with van der Waals surface area (Å²) in [4.78, 5) is 25.6. The highest BCUT2D eigenvalue weighted by Crippen LogP contribution is 2.25. The Kier molecular flexibility index (Phi) is 7.21. The Labute approximate surface area is 190 Å². The molecule has 1 amide bonds. The first kappa shape index (κ1) is 21.8. The number of amides is 1. The van der Waals surface area contributed by atoms with Crippen molar-refractivity contribution in [3.05, 3.63) is 40.6 Å². The van der Waals surface area contributed by atoms with Crippen molar-refractivity contribution in [2.24, 2.45) is 0 Å². The Balaban J connectivity index is 1.31. The van der Waals surface area contributed by atoms with Crippen molar-refractivity contribution in [2.75, 3.05) is 63.6 Å². The summed E-state index contributed by atoms with van der Waals surface area (Å²) in [6.07, 6.45) is 4.23. The number of hydrogen-bond acceptors (Lipinski definition) is 8. The van der Waals surface area contributed by atoms with Crippen LogP contribution in [0.2, 0.25) is 0 Å². The molecule has 3 heterocycles. The first-order valence-corrected chi connectivity index (χ1v) is 11.2. The van der Waals surface area contributed by atoms with Crippen LogP contribution in [0.4, 0.5) is 11.6 Å². The van der Waals surface area contributed by atoms with Crippen molar-refractivity contribution in [3.63, 3.8) is 0 Å². The maximum atomic E-state index is 13.0. The summed E-state index contributed by atoms with van der Waals surface area (Å²) in [6, 6.07) is 5.35. The van der Waals surface area contributed by atoms with E-state index in [1.807, 2.05) is 4.90 Å². The smallest absolute Gasteiger partial charge is 0.254 e. The first-order chi connectivity index (χ1) is 15.1. The molecule has 1 atom stereocenters. The molecule has 4 rings (SSSR count). The number of carbonyl (C=O) groups is 1. The number of rotatable bonds is 7. The SMILES string of the molecule is Nc1ccc(C(=O)N2CCC(Nc3ncc(Br)cn3)C2)cc1OCCN1CCOCC1. The van der Waals surface area contributed by atoms with E-state index in [-0.39, 0.29) is 11.9 Å². The topological polar surface area (TPSA) is 106 Å². The van der Waals surface area contributed by atoms with Gasteiger partial charge in [-0.25, -0.2) is 9.97 Å². The van der Waals surface area contributed by atoms with Crippen molar-refractivity contribution < 1.29 is 14.3 Å². The largest absolute Gasteiger partial charge is 0.490 e. The average Bonchev–Trinajstić information content (AvgIpc) is 3.25. The van der Waals surface area contributed by atoms with Crippen LogP contribution in [-0.2, 0) is 4.74 Å². The molecule has 0 saturated carbocycles. The minimum Gasteiger partial charge on any atom is -0.490 e. The van der Waals surface area contributed by atoms with Crippen molar-refractivity contribution >= 4 is 33.5 Å². The van der Waals surface area contributed by atoms with Crippen LogP contribution < -0.4 is 15.8 Å². The summed E-state index contributed by atoms with van der Waals surface area (Å²) in [5.41, 5.74) is 7.18. The molecule has 3 N–H and O–H groups in total. The van der Waals surface area contributed by atoms with Crippen LogP contribution in [0.1, 0.15) is 16.8 Å². The third kappa shape index (κ3) is 5.84. The Hall–Kier alpha value is -2.43. The molecule has 2 fully saturated rings. The van der Waals surface area contributed by atoms with Crippen LogP contribution in [0.3, 0.4) is 0 Å². The molecule has 10 heteroatoms. The predicted molar refractivity (Wildman–Crippen MR) is 121 cm³/mol. The first-order valence-electron chi connectivity index (χ1n) is 10.4. The van der Waals surface area contributed by atoms with E-state index in [9.17, 15) is 4.79 Å². The minimum atomic E-state index is -0.0287. The van der Waals surface area contributed by atoms with E-state index in [1.165, 1.54) is 0 Å². The number of nitrogens with two attached hydrogens (primary N) is 1. The summed E-state index contributed by atoms with van der Waals surface area (Å²) < 4.78 is 12.1. The van der Waals surface area contributed by atoms with E-state index >= 15 is 0 Å². The van der Waals surface area contributed by atoms with Crippen molar-refractivity contribution in [1.29, 1.82) is 0 Å². The summed E-state index contributed by atoms with van der Waals surface area (Å²) in [5, 5.41) is 3.29. The highest BCUT2D eigenvalue weighted by atomic mass is 79.9. The lowest BCUT2D eigenvalue weighted by atomic mass is 10.1. The van der Waals surface area contributed by atoms with E-state index in [2.05, 4.69) is 36.1 Å². The van der Waals surface area contributed by atoms with Gasteiger partial charge in [0.15, 0.2) is 0 Å². The second-order valence-electron chi connectivity index (χ2n) is 7.66. The lowest BCUT2D eigenvalue weighted by Gasteiger charge is -2.26. The number of halogens is 1. The quantitative estimate of drug-likeness (QED) is 0.566. The molecule has 2 aliphatic heterocycles. The molecular formula is C21H27BrN6O3. The Morgan fingerprint density at radius 1 is 1.26 bits per heavy atom. The predicted octanol–water partition coefficient (Wildman–Crippen LogP) is 1.86. The third-order valence-corrected chi connectivity index (χ3v) is 5.87. The van der Waals surface area contributed by atoms with E-state index in [4.69, 9.17) is 15.2 Å². The molecule has 9 nitrogen and oxygen atoms in total. The van der Waals surface area contributed by atoms with Crippen LogP contribution >= 0.6 is 15.9 Å². The second kappa shape index (κ2) is 10.3. The maximum absolute atomic E-state index is 13.0. The molecule has 0 bridgehead atoms. The number of morpholine rings is 1. The maximum Gasteiger partial charge on any atom is 0.254 e. The van der Waals surface area contributed by atoms with Crippen molar-refractivity contribution in [2.45, 2.75) is 12.5 Å². The number of nitrogen functional groups attached to an aromatic ring is 1. The standard InChI is InChI=1S/C21H27BrN6O3/c22-16-12-24-21(25-13-16)26-17-3-4-28(14-17)20(29)15-1-2-18(23)19(11-15)31-10-7-27-5-8-30-9-6-27/h1-2,11-13,17H,3-10,14,23H2,(H,24,25,26). The molecule has 0 aliphatic carbocycles. The molecule has 2 aliphatic rings. The van der Waals surface area contributed by atoms with Crippen LogP contribution in [0, 0.1) is 0 Å². The van der Waals surface area contributed by atoms with Gasteiger partial charge in [0.1, 0.15) is 12.4 Å². The Morgan fingerprint density at radius 3 is 2.81 bits per heavy atom. The number of anilines is 2. The van der Waals surface area contributed by atoms with Gasteiger partial charge in [0.2, 0.25) is 5.95 Å². The van der Waals surface area contributed by atoms with Gasteiger partial charge in [-0.3, -0.25) is 9.69 Å². The monoisotopic (exact) mass is 490 g/mol. The fourth-order valence-electron chi connectivity index (χ4n) is 3.72. The summed E-state index contributed by atoms with van der Waals surface area (Å²) in [7, 11) is 0. The normalized spacial score (nSPS) is 19.4. The van der Waals surface area contributed by atoms with Crippen molar-refractivity contribution in [3.8, 4) is 5.75 Å². The highest BCUT2D eigenvalue weighted by Gasteiger charge is 2.27. The molecular weight excluding hydrogens is 464 g/mol. The zero-order chi connectivity index (χ0) is 21.6. The minimum absolute atomic E-state index is 0.0287. The lowest BCUT2D eigenvalue weighted by Crippen LogP contribution is -2.38. The van der Waals surface area contributed by atoms with E-state index < -0.39 is 0 Å². The van der Waals surface area contributed by atoms with Crippen LogP contribution in [0.25, 0.3) is 0 Å². The van der Waals surface area contributed by atoms with Crippen LogP contribution in [0.5, 0.6) is 5.75 Å². The average molecular weight is 491 g/mol. The number of likely N-dealkylation sites (tertiary alicyclic amines) is 1. The van der Waals surface area contributed by atoms with Gasteiger partial charge >= 0.3 is 0 Å². The van der Waals surface area contributed by atoms with E-state index in [0.29, 0.717) is 42.6 Å². The number of nitrogens with zero attached hydrogens (tertiary/aromatic N) is 4. The number of carbonyl (C=O) groups excluding carboxylic acids is 1. The summed E-state index contributed by atoms with van der Waals surface area (Å²) in [5.74, 6) is 1.08. The Bertz CT molecular complexity index is 891. The molecule has 1 unspecified atom stereocenters. The summed E-state index contributed by atoms with van der Waals surface area (Å²) in [6.45, 7) is 5.92. The third-order valence-electron chi connectivity index (χ3n) is 5.46. The van der Waals surface area contributed by atoms with Crippen LogP contribution in [0.15, 0.2) is 35.1 Å². The lowest BCUT2D eigenvalue weighted by molar-refractivity contribution is 0.0323. The van der Waals surface area contributed by atoms with Crippen molar-refractivity contribution in [1.82, 2.24) is 19.8 Å². The number of hydrogen-bond donors (Lipinski definition) is 2. The molecule has 31 heavy (non-hydrogen) atoms. The molecule has 0 spiro atoms. The van der Waals surface area contributed by atoms with Gasteiger partial charge < -0.3 is 25.4 Å². The molecule has 0 radical (unpaired) electrons. The fourth-order valence-corrected chi connectivity index (χ4v) is 3.92. The number of nitrogens with one attached hydrogen (secondary N) is 1. The van der Waals surface area contributed by atoms with E-state index in [0.717, 1.165) is 43.7 Å². The molecule has 2 saturated heterocycles. The van der Waals surface area contributed by atoms with Gasteiger partial charge in [-0.15, -0.1) is 0 Å². The van der Waals surface area contributed by atoms with Gasteiger partial charge in [0, 0.05) is 56.7 Å². The zero-order valence-electron chi connectivity index (χ0n) is 17.3. The number of benzene rings is 1. The highest BCUT2D eigenvalue weighted by molar-refractivity contribution is 9.10. The van der Waals surface area contributed by atoms with Gasteiger partial charge in [-0.1, -0.05) is 0 Å².